The maximum absolute atomic E-state index is 13.1. The normalized spacial score (nSPS) is 10.5. The molecule has 8 nitrogen and oxygen atoms in total. The van der Waals surface area contributed by atoms with E-state index in [4.69, 9.17) is 14.2 Å². The van der Waals surface area contributed by atoms with Gasteiger partial charge in [-0.2, -0.15) is 0 Å². The van der Waals surface area contributed by atoms with Gasteiger partial charge in [0.1, 0.15) is 17.9 Å². The fourth-order valence-electron chi connectivity index (χ4n) is 2.98. The molecule has 2 heterocycles. The topological polar surface area (TPSA) is 91.7 Å². The van der Waals surface area contributed by atoms with Crippen molar-refractivity contribution in [3.8, 4) is 17.3 Å². The standard InChI is InChI=1S/C23H25N3O5/c1-4-30-13-14-31-19-8-6-5-7-18(19)25-22(27)21-16(2)11-12-26(23(21)28)17-9-10-20(29-3)24-15-17/h5-12,15H,4,13-14H2,1-3H3,(H,25,27). The number of ether oxygens (including phenoxy) is 3. The maximum Gasteiger partial charge on any atom is 0.268 e. The van der Waals surface area contributed by atoms with Crippen molar-refractivity contribution in [2.45, 2.75) is 13.8 Å². The van der Waals surface area contributed by atoms with Crippen LogP contribution in [0.2, 0.25) is 0 Å². The highest BCUT2D eigenvalue weighted by Crippen LogP contribution is 2.24. The molecule has 0 atom stereocenters. The Labute approximate surface area is 180 Å². The second kappa shape index (κ2) is 10.4. The van der Waals surface area contributed by atoms with Crippen LogP contribution in [0.1, 0.15) is 22.8 Å². The molecule has 0 saturated heterocycles. The van der Waals surface area contributed by atoms with Gasteiger partial charge in [-0.05, 0) is 43.7 Å². The number of pyridine rings is 2. The number of carbonyl (C=O) groups is 1. The van der Waals surface area contributed by atoms with E-state index >= 15 is 0 Å². The third-order valence-electron chi connectivity index (χ3n) is 4.56. The van der Waals surface area contributed by atoms with Gasteiger partial charge in [-0.15, -0.1) is 0 Å². The summed E-state index contributed by atoms with van der Waals surface area (Å²) in [5, 5.41) is 2.79. The van der Waals surface area contributed by atoms with Crippen molar-refractivity contribution in [1.29, 1.82) is 0 Å². The van der Waals surface area contributed by atoms with Crippen molar-refractivity contribution in [2.24, 2.45) is 0 Å². The Morgan fingerprint density at radius 1 is 1.13 bits per heavy atom. The van der Waals surface area contributed by atoms with Crippen molar-refractivity contribution < 1.29 is 19.0 Å². The fraction of sp³-hybridized carbons (Fsp3) is 0.261. The molecule has 1 amide bonds. The zero-order chi connectivity index (χ0) is 22.2. The lowest BCUT2D eigenvalue weighted by Crippen LogP contribution is -2.29. The molecule has 8 heteroatoms. The van der Waals surface area contributed by atoms with Crippen molar-refractivity contribution >= 4 is 11.6 Å². The van der Waals surface area contributed by atoms with Crippen LogP contribution in [0.4, 0.5) is 5.69 Å². The predicted octanol–water partition coefficient (Wildman–Crippen LogP) is 3.22. The highest BCUT2D eigenvalue weighted by molar-refractivity contribution is 6.05. The van der Waals surface area contributed by atoms with Crippen LogP contribution in [0, 0.1) is 6.92 Å². The first-order valence-corrected chi connectivity index (χ1v) is 9.88. The van der Waals surface area contributed by atoms with Crippen molar-refractivity contribution in [1.82, 2.24) is 9.55 Å². The number of rotatable bonds is 9. The first-order valence-electron chi connectivity index (χ1n) is 9.88. The Morgan fingerprint density at radius 2 is 1.94 bits per heavy atom. The summed E-state index contributed by atoms with van der Waals surface area (Å²) in [7, 11) is 1.51. The lowest BCUT2D eigenvalue weighted by molar-refractivity contribution is 0.102. The molecule has 0 aliphatic rings. The van der Waals surface area contributed by atoms with Gasteiger partial charge in [0.15, 0.2) is 0 Å². The highest BCUT2D eigenvalue weighted by Gasteiger charge is 2.18. The van der Waals surface area contributed by atoms with Gasteiger partial charge < -0.3 is 19.5 Å². The minimum Gasteiger partial charge on any atom is -0.489 e. The van der Waals surface area contributed by atoms with E-state index in [0.29, 0.717) is 48.4 Å². The summed E-state index contributed by atoms with van der Waals surface area (Å²) in [6.07, 6.45) is 3.13. The molecule has 3 aromatic rings. The molecule has 0 radical (unpaired) electrons. The molecule has 1 N–H and O–H groups in total. The van der Waals surface area contributed by atoms with Crippen LogP contribution >= 0.6 is 0 Å². The molecule has 0 unspecified atom stereocenters. The fourth-order valence-corrected chi connectivity index (χ4v) is 2.98. The molecule has 0 aliphatic carbocycles. The third-order valence-corrected chi connectivity index (χ3v) is 4.56. The SMILES string of the molecule is CCOCCOc1ccccc1NC(=O)c1c(C)ccn(-c2ccc(OC)nc2)c1=O. The van der Waals surface area contributed by atoms with Crippen LogP contribution in [-0.4, -0.2) is 42.4 Å². The number of aromatic nitrogens is 2. The van der Waals surface area contributed by atoms with Gasteiger partial charge in [-0.1, -0.05) is 12.1 Å². The molecule has 162 valence electrons. The van der Waals surface area contributed by atoms with Crippen LogP contribution in [0.5, 0.6) is 11.6 Å². The first-order chi connectivity index (χ1) is 15.0. The monoisotopic (exact) mass is 423 g/mol. The molecule has 0 spiro atoms. The smallest absolute Gasteiger partial charge is 0.268 e. The average molecular weight is 423 g/mol. The quantitative estimate of drug-likeness (QED) is 0.532. The van der Waals surface area contributed by atoms with E-state index < -0.39 is 11.5 Å². The van der Waals surface area contributed by atoms with E-state index in [1.165, 1.54) is 17.9 Å². The molecule has 3 rings (SSSR count). The van der Waals surface area contributed by atoms with E-state index in [0.717, 1.165) is 0 Å². The molecule has 31 heavy (non-hydrogen) atoms. The van der Waals surface area contributed by atoms with Crippen LogP contribution in [0.3, 0.4) is 0 Å². The van der Waals surface area contributed by atoms with Crippen molar-refractivity contribution in [3.05, 3.63) is 76.3 Å². The van der Waals surface area contributed by atoms with Gasteiger partial charge >= 0.3 is 0 Å². The minimum absolute atomic E-state index is 0.0439. The Kier molecular flexibility index (Phi) is 7.40. The number of aryl methyl sites for hydroxylation is 1. The van der Waals surface area contributed by atoms with Gasteiger partial charge in [0.05, 0.1) is 31.3 Å². The third kappa shape index (κ3) is 5.29. The van der Waals surface area contributed by atoms with Gasteiger partial charge in [-0.25, -0.2) is 4.98 Å². The average Bonchev–Trinajstić information content (AvgIpc) is 2.78. The minimum atomic E-state index is -0.515. The highest BCUT2D eigenvalue weighted by atomic mass is 16.5. The molecule has 1 aromatic carbocycles. The molecule has 2 aromatic heterocycles. The number of amides is 1. The van der Waals surface area contributed by atoms with Gasteiger partial charge in [0, 0.05) is 18.9 Å². The van der Waals surface area contributed by atoms with Crippen molar-refractivity contribution in [2.75, 3.05) is 32.2 Å². The summed E-state index contributed by atoms with van der Waals surface area (Å²) in [6.45, 7) is 5.02. The zero-order valence-corrected chi connectivity index (χ0v) is 17.8. The van der Waals surface area contributed by atoms with E-state index in [9.17, 15) is 9.59 Å². The Bertz CT molecular complexity index is 1090. The summed E-state index contributed by atoms with van der Waals surface area (Å²) < 4.78 is 17.4. The second-order valence-corrected chi connectivity index (χ2v) is 6.60. The van der Waals surface area contributed by atoms with Gasteiger partial charge in [0.2, 0.25) is 5.88 Å². The van der Waals surface area contributed by atoms with Crippen LogP contribution in [-0.2, 0) is 4.74 Å². The summed E-state index contributed by atoms with van der Waals surface area (Å²) in [6, 6.07) is 12.1. The summed E-state index contributed by atoms with van der Waals surface area (Å²) in [5.41, 5.74) is 1.17. The number of nitrogens with zero attached hydrogens (tertiary/aromatic N) is 2. The largest absolute Gasteiger partial charge is 0.489 e. The molecule has 0 bridgehead atoms. The second-order valence-electron chi connectivity index (χ2n) is 6.60. The number of hydrogen-bond acceptors (Lipinski definition) is 6. The molecule has 0 saturated carbocycles. The Balaban J connectivity index is 1.86. The van der Waals surface area contributed by atoms with E-state index in [1.807, 2.05) is 13.0 Å². The Hall–Kier alpha value is -3.65. The maximum atomic E-state index is 13.1. The lowest BCUT2D eigenvalue weighted by Gasteiger charge is -2.14. The predicted molar refractivity (Wildman–Crippen MR) is 118 cm³/mol. The molecular formula is C23H25N3O5. The van der Waals surface area contributed by atoms with E-state index in [-0.39, 0.29) is 5.56 Å². The number of carbonyl (C=O) groups excluding carboxylic acids is 1. The number of nitrogens with one attached hydrogen (secondary N) is 1. The number of para-hydroxylation sites is 2. The van der Waals surface area contributed by atoms with E-state index in [2.05, 4.69) is 10.3 Å². The van der Waals surface area contributed by atoms with Gasteiger partial charge in [0.25, 0.3) is 11.5 Å². The zero-order valence-electron chi connectivity index (χ0n) is 17.8. The molecule has 0 fully saturated rings. The number of methoxy groups -OCH3 is 1. The van der Waals surface area contributed by atoms with Gasteiger partial charge in [-0.3, -0.25) is 14.2 Å². The van der Waals surface area contributed by atoms with Crippen LogP contribution < -0.4 is 20.3 Å². The number of anilines is 1. The van der Waals surface area contributed by atoms with Crippen LogP contribution in [0.15, 0.2) is 59.7 Å². The lowest BCUT2D eigenvalue weighted by atomic mass is 10.1. The van der Waals surface area contributed by atoms with Crippen LogP contribution in [0.25, 0.3) is 5.69 Å². The summed E-state index contributed by atoms with van der Waals surface area (Å²) in [5.74, 6) is 0.422. The molecular weight excluding hydrogens is 398 g/mol. The van der Waals surface area contributed by atoms with E-state index in [1.54, 1.807) is 49.5 Å². The summed E-state index contributed by atoms with van der Waals surface area (Å²) in [4.78, 5) is 30.3. The number of hydrogen-bond donors (Lipinski definition) is 1. The first kappa shape index (κ1) is 22.0. The number of benzene rings is 1. The summed E-state index contributed by atoms with van der Waals surface area (Å²) >= 11 is 0. The Morgan fingerprint density at radius 3 is 2.65 bits per heavy atom. The van der Waals surface area contributed by atoms with Crippen molar-refractivity contribution in [3.63, 3.8) is 0 Å². The molecule has 0 aliphatic heterocycles.